The van der Waals surface area contributed by atoms with E-state index in [2.05, 4.69) is 101 Å². The van der Waals surface area contributed by atoms with Gasteiger partial charge in [-0.05, 0) is 57.2 Å². The van der Waals surface area contributed by atoms with Crippen molar-refractivity contribution in [1.29, 1.82) is 0 Å². The van der Waals surface area contributed by atoms with Crippen LogP contribution in [-0.2, 0) is 4.57 Å². The fourth-order valence-electron chi connectivity index (χ4n) is 4.10. The normalized spacial score (nSPS) is 12.7. The summed E-state index contributed by atoms with van der Waals surface area (Å²) in [6.45, 7) is 9.66. The average Bonchev–Trinajstić information content (AvgIpc) is 3.05. The SMILES string of the molecule is CCN(CC)c1ccc(C2=[N+](CC)c3ccc(Br)c4cccc2c34)cc1.O=P([O-])(O)O. The van der Waals surface area contributed by atoms with Crippen molar-refractivity contribution in [3.63, 3.8) is 0 Å². The van der Waals surface area contributed by atoms with Gasteiger partial charge in [0.2, 0.25) is 11.4 Å². The molecule has 3 aromatic rings. The zero-order chi connectivity index (χ0) is 22.8. The number of benzene rings is 3. The molecule has 3 aromatic carbocycles. The van der Waals surface area contributed by atoms with Gasteiger partial charge in [0.1, 0.15) is 6.54 Å². The Bertz CT molecular complexity index is 1160. The second-order valence-electron chi connectivity index (χ2n) is 7.10. The summed E-state index contributed by atoms with van der Waals surface area (Å²) < 4.78 is 12.4. The van der Waals surface area contributed by atoms with Crippen LogP contribution in [0.1, 0.15) is 31.9 Å². The van der Waals surface area contributed by atoms with Crippen LogP contribution in [0.25, 0.3) is 10.8 Å². The molecule has 8 heteroatoms. The van der Waals surface area contributed by atoms with E-state index in [0.29, 0.717) is 0 Å². The van der Waals surface area contributed by atoms with Crippen LogP contribution >= 0.6 is 23.8 Å². The summed E-state index contributed by atoms with van der Waals surface area (Å²) in [4.78, 5) is 25.3. The third kappa shape index (κ3) is 5.08. The van der Waals surface area contributed by atoms with Gasteiger partial charge in [-0.25, -0.2) is 0 Å². The van der Waals surface area contributed by atoms with Crippen molar-refractivity contribution >= 4 is 51.6 Å². The molecule has 4 rings (SSSR count). The van der Waals surface area contributed by atoms with E-state index >= 15 is 0 Å². The molecule has 0 unspecified atom stereocenters. The lowest BCUT2D eigenvalue weighted by molar-refractivity contribution is -0.431. The van der Waals surface area contributed by atoms with Crippen LogP contribution in [-0.4, -0.2) is 39.7 Å². The third-order valence-electron chi connectivity index (χ3n) is 5.37. The maximum atomic E-state index is 8.77. The minimum absolute atomic E-state index is 0.957. The smallest absolute Gasteiger partial charge is 0.262 e. The van der Waals surface area contributed by atoms with Gasteiger partial charge < -0.3 is 19.6 Å². The molecule has 0 aliphatic carbocycles. The zero-order valence-electron chi connectivity index (χ0n) is 17.7. The first-order chi connectivity index (χ1) is 14.7. The fourth-order valence-corrected chi connectivity index (χ4v) is 4.56. The van der Waals surface area contributed by atoms with Gasteiger partial charge in [-0.15, -0.1) is 0 Å². The van der Waals surface area contributed by atoms with Gasteiger partial charge in [0.05, 0.1) is 10.9 Å². The Hall–Kier alpha value is -2.02. The van der Waals surface area contributed by atoms with E-state index in [0.717, 1.165) is 24.1 Å². The Kier molecular flexibility index (Phi) is 7.35. The molecule has 0 saturated carbocycles. The predicted octanol–water partition coefficient (Wildman–Crippen LogP) is 4.40. The molecule has 0 saturated heterocycles. The number of anilines is 1. The van der Waals surface area contributed by atoms with Crippen LogP contribution in [0, 0.1) is 0 Å². The van der Waals surface area contributed by atoms with Crippen molar-refractivity contribution in [2.24, 2.45) is 0 Å². The summed E-state index contributed by atoms with van der Waals surface area (Å²) in [7, 11) is -4.89. The Morgan fingerprint density at radius 1 is 1.00 bits per heavy atom. The Labute approximate surface area is 190 Å². The number of hydrogen-bond acceptors (Lipinski definition) is 3. The first kappa shape index (κ1) is 23.6. The molecule has 0 spiro atoms. The van der Waals surface area contributed by atoms with Crippen molar-refractivity contribution < 1.29 is 23.8 Å². The van der Waals surface area contributed by atoms with Crippen molar-refractivity contribution in [3.05, 3.63) is 70.2 Å². The molecule has 1 aliphatic heterocycles. The van der Waals surface area contributed by atoms with Crippen molar-refractivity contribution in [2.45, 2.75) is 20.8 Å². The fraction of sp³-hybridized carbons (Fsp3) is 0.261. The monoisotopic (exact) mass is 504 g/mol. The first-order valence-electron chi connectivity index (χ1n) is 10.2. The molecule has 0 atom stereocenters. The Balaban J connectivity index is 0.000000491. The van der Waals surface area contributed by atoms with Crippen molar-refractivity contribution in [2.75, 3.05) is 24.5 Å². The van der Waals surface area contributed by atoms with Crippen LogP contribution in [0.4, 0.5) is 11.4 Å². The second-order valence-corrected chi connectivity index (χ2v) is 8.93. The highest BCUT2D eigenvalue weighted by Gasteiger charge is 2.32. The molecule has 0 fully saturated rings. The summed E-state index contributed by atoms with van der Waals surface area (Å²) in [5.41, 5.74) is 6.53. The minimum atomic E-state index is -4.89. The third-order valence-corrected chi connectivity index (χ3v) is 6.06. The maximum Gasteiger partial charge on any atom is 0.262 e. The lowest BCUT2D eigenvalue weighted by Gasteiger charge is -2.21. The van der Waals surface area contributed by atoms with E-state index in [4.69, 9.17) is 19.2 Å². The summed E-state index contributed by atoms with van der Waals surface area (Å²) >= 11 is 3.72. The summed E-state index contributed by atoms with van der Waals surface area (Å²) in [5, 5.41) is 2.64. The van der Waals surface area contributed by atoms with Crippen LogP contribution in [0.2, 0.25) is 0 Å². The van der Waals surface area contributed by atoms with Gasteiger partial charge in [-0.1, -0.05) is 28.1 Å². The Morgan fingerprint density at radius 2 is 1.61 bits per heavy atom. The van der Waals surface area contributed by atoms with Gasteiger partial charge in [0, 0.05) is 40.3 Å². The van der Waals surface area contributed by atoms with E-state index in [9.17, 15) is 0 Å². The standard InChI is InChI=1S/C23H24BrN2.H3O4P/c1-4-25(5-2)17-12-10-16(11-13-17)23-19-9-7-8-18-20(24)14-15-21(22(18)19)26(23)6-3;1-5(2,3)4/h7-15H,4-6H2,1-3H3;(H3,1,2,3,4)/q+1;/p-1. The number of halogens is 1. The molecule has 1 heterocycles. The lowest BCUT2D eigenvalue weighted by atomic mass is 9.98. The summed E-state index contributed by atoms with van der Waals surface area (Å²) in [6, 6.07) is 20.1. The van der Waals surface area contributed by atoms with E-state index in [-0.39, 0.29) is 0 Å². The van der Waals surface area contributed by atoms with Crippen molar-refractivity contribution in [3.8, 4) is 0 Å². The van der Waals surface area contributed by atoms with Gasteiger partial charge in [0.25, 0.3) is 7.82 Å². The molecule has 1 aliphatic rings. The van der Waals surface area contributed by atoms with Crippen LogP contribution in [0.15, 0.2) is 59.1 Å². The highest BCUT2D eigenvalue weighted by atomic mass is 79.9. The van der Waals surface area contributed by atoms with E-state index in [1.165, 1.54) is 39.0 Å². The van der Waals surface area contributed by atoms with Gasteiger partial charge in [-0.3, -0.25) is 4.57 Å². The average molecular weight is 505 g/mol. The second kappa shape index (κ2) is 9.63. The largest absolute Gasteiger partial charge is 0.756 e. The Morgan fingerprint density at radius 3 is 2.16 bits per heavy atom. The molecular weight excluding hydrogens is 479 g/mol. The number of rotatable bonds is 5. The lowest BCUT2D eigenvalue weighted by Crippen LogP contribution is -2.22. The number of phosphoric acid groups is 1. The molecule has 6 nitrogen and oxygen atoms in total. The number of nitrogens with zero attached hydrogens (tertiary/aromatic N) is 2. The van der Waals surface area contributed by atoms with E-state index < -0.39 is 7.82 Å². The topological polar surface area (TPSA) is 86.8 Å². The maximum absolute atomic E-state index is 8.77. The molecule has 164 valence electrons. The van der Waals surface area contributed by atoms with Crippen LogP contribution in [0.3, 0.4) is 0 Å². The van der Waals surface area contributed by atoms with E-state index in [1.807, 2.05) is 0 Å². The molecule has 0 aromatic heterocycles. The van der Waals surface area contributed by atoms with E-state index in [1.54, 1.807) is 0 Å². The first-order valence-corrected chi connectivity index (χ1v) is 12.5. The molecule has 0 radical (unpaired) electrons. The molecular formula is C23H26BrN2O4P. The quantitative estimate of drug-likeness (QED) is 0.397. The molecule has 2 N–H and O–H groups in total. The molecule has 0 bridgehead atoms. The highest BCUT2D eigenvalue weighted by molar-refractivity contribution is 9.10. The van der Waals surface area contributed by atoms with Crippen molar-refractivity contribution in [1.82, 2.24) is 0 Å². The van der Waals surface area contributed by atoms with Crippen LogP contribution < -0.4 is 9.79 Å². The van der Waals surface area contributed by atoms with Crippen LogP contribution in [0.5, 0.6) is 0 Å². The highest BCUT2D eigenvalue weighted by Crippen LogP contribution is 2.40. The summed E-state index contributed by atoms with van der Waals surface area (Å²) in [5.74, 6) is 0. The van der Waals surface area contributed by atoms with Gasteiger partial charge in [0.15, 0.2) is 0 Å². The summed E-state index contributed by atoms with van der Waals surface area (Å²) in [6.07, 6.45) is 0. The zero-order valence-corrected chi connectivity index (χ0v) is 20.2. The van der Waals surface area contributed by atoms with Gasteiger partial charge in [-0.2, -0.15) is 4.58 Å². The van der Waals surface area contributed by atoms with Gasteiger partial charge >= 0.3 is 0 Å². The number of hydrogen-bond donors (Lipinski definition) is 2. The molecule has 0 amide bonds. The molecule has 31 heavy (non-hydrogen) atoms. The predicted molar refractivity (Wildman–Crippen MR) is 127 cm³/mol. The minimum Gasteiger partial charge on any atom is -0.756 e.